The predicted octanol–water partition coefficient (Wildman–Crippen LogP) is 1.50. The molecule has 0 atom stereocenters. The second kappa shape index (κ2) is 4.28. The van der Waals surface area contributed by atoms with Crippen LogP contribution in [0.1, 0.15) is 13.8 Å². The fourth-order valence-electron chi connectivity index (χ4n) is 1.26. The van der Waals surface area contributed by atoms with Crippen LogP contribution in [0.3, 0.4) is 0 Å². The largest absolute Gasteiger partial charge is 0.384 e. The Morgan fingerprint density at radius 1 is 1.50 bits per heavy atom. The second-order valence-corrected chi connectivity index (χ2v) is 3.89. The Morgan fingerprint density at radius 3 is 2.79 bits per heavy atom. The molecule has 0 bridgehead atoms. The summed E-state index contributed by atoms with van der Waals surface area (Å²) in [5.74, 6) is 1.29. The summed E-state index contributed by atoms with van der Waals surface area (Å²) in [6.07, 6.45) is 0. The third kappa shape index (κ3) is 3.22. The zero-order valence-corrected chi connectivity index (χ0v) is 8.87. The van der Waals surface area contributed by atoms with Gasteiger partial charge in [0, 0.05) is 7.11 Å². The lowest BCUT2D eigenvalue weighted by Gasteiger charge is -2.25. The smallest absolute Gasteiger partial charge is 0.128 e. The zero-order chi connectivity index (χ0) is 10.6. The van der Waals surface area contributed by atoms with Crippen molar-refractivity contribution >= 4 is 11.6 Å². The van der Waals surface area contributed by atoms with Gasteiger partial charge in [-0.05, 0) is 26.0 Å². The molecule has 0 saturated carbocycles. The molecule has 4 heteroatoms. The molecule has 0 spiro atoms. The van der Waals surface area contributed by atoms with Crippen LogP contribution in [0.4, 0.5) is 11.6 Å². The molecule has 0 amide bonds. The van der Waals surface area contributed by atoms with Crippen molar-refractivity contribution in [3.63, 3.8) is 0 Å². The van der Waals surface area contributed by atoms with Crippen LogP contribution in [0.5, 0.6) is 0 Å². The van der Waals surface area contributed by atoms with Gasteiger partial charge in [-0.3, -0.25) is 0 Å². The first-order valence-electron chi connectivity index (χ1n) is 4.53. The first-order valence-corrected chi connectivity index (χ1v) is 4.53. The Balaban J connectivity index is 2.68. The third-order valence-corrected chi connectivity index (χ3v) is 1.74. The minimum Gasteiger partial charge on any atom is -0.384 e. The number of anilines is 2. The number of hydrogen-bond donors (Lipinski definition) is 2. The van der Waals surface area contributed by atoms with Crippen molar-refractivity contribution in [2.24, 2.45) is 0 Å². The minimum absolute atomic E-state index is 0.143. The van der Waals surface area contributed by atoms with E-state index in [0.29, 0.717) is 12.4 Å². The van der Waals surface area contributed by atoms with Crippen LogP contribution in [-0.4, -0.2) is 24.2 Å². The molecule has 0 saturated heterocycles. The summed E-state index contributed by atoms with van der Waals surface area (Å²) >= 11 is 0. The van der Waals surface area contributed by atoms with Gasteiger partial charge in [-0.25, -0.2) is 4.98 Å². The lowest BCUT2D eigenvalue weighted by Crippen LogP contribution is -2.36. The normalized spacial score (nSPS) is 11.4. The summed E-state index contributed by atoms with van der Waals surface area (Å²) < 4.78 is 5.09. The summed E-state index contributed by atoms with van der Waals surface area (Å²) in [6.45, 7) is 4.70. The average molecular weight is 195 g/mol. The number of ether oxygens (including phenoxy) is 1. The molecule has 78 valence electrons. The van der Waals surface area contributed by atoms with Crippen molar-refractivity contribution < 1.29 is 4.74 Å². The quantitative estimate of drug-likeness (QED) is 0.764. The van der Waals surface area contributed by atoms with E-state index in [4.69, 9.17) is 10.5 Å². The Labute approximate surface area is 84.5 Å². The number of rotatable bonds is 4. The molecule has 4 nitrogen and oxygen atoms in total. The highest BCUT2D eigenvalue weighted by atomic mass is 16.5. The average Bonchev–Trinajstić information content (AvgIpc) is 2.02. The lowest BCUT2D eigenvalue weighted by molar-refractivity contribution is 0.158. The van der Waals surface area contributed by atoms with Crippen LogP contribution >= 0.6 is 0 Å². The van der Waals surface area contributed by atoms with Crippen LogP contribution < -0.4 is 11.1 Å². The topological polar surface area (TPSA) is 60.2 Å². The van der Waals surface area contributed by atoms with Crippen molar-refractivity contribution in [2.45, 2.75) is 19.4 Å². The molecule has 1 rings (SSSR count). The van der Waals surface area contributed by atoms with E-state index in [1.165, 1.54) is 0 Å². The van der Waals surface area contributed by atoms with Gasteiger partial charge in [0.1, 0.15) is 11.6 Å². The SMILES string of the molecule is COCC(C)(C)Nc1cccc(N)n1. The number of nitrogens with two attached hydrogens (primary N) is 1. The van der Waals surface area contributed by atoms with Gasteiger partial charge < -0.3 is 15.8 Å². The van der Waals surface area contributed by atoms with Crippen LogP contribution in [0.15, 0.2) is 18.2 Å². The van der Waals surface area contributed by atoms with Gasteiger partial charge >= 0.3 is 0 Å². The fraction of sp³-hybridized carbons (Fsp3) is 0.500. The Kier molecular flexibility index (Phi) is 3.30. The van der Waals surface area contributed by atoms with E-state index in [-0.39, 0.29) is 5.54 Å². The highest BCUT2D eigenvalue weighted by molar-refractivity contribution is 5.43. The molecule has 3 N–H and O–H groups in total. The Morgan fingerprint density at radius 2 is 2.21 bits per heavy atom. The summed E-state index contributed by atoms with van der Waals surface area (Å²) in [5, 5.41) is 3.24. The van der Waals surface area contributed by atoms with E-state index < -0.39 is 0 Å². The number of aromatic nitrogens is 1. The van der Waals surface area contributed by atoms with Crippen molar-refractivity contribution in [3.05, 3.63) is 18.2 Å². The molecule has 0 radical (unpaired) electrons. The number of pyridine rings is 1. The first-order chi connectivity index (χ1) is 6.53. The summed E-state index contributed by atoms with van der Waals surface area (Å²) in [7, 11) is 1.68. The molecular weight excluding hydrogens is 178 g/mol. The van der Waals surface area contributed by atoms with Gasteiger partial charge in [-0.2, -0.15) is 0 Å². The van der Waals surface area contributed by atoms with Crippen molar-refractivity contribution in [1.29, 1.82) is 0 Å². The van der Waals surface area contributed by atoms with E-state index in [0.717, 1.165) is 5.82 Å². The first kappa shape index (κ1) is 10.8. The monoisotopic (exact) mass is 195 g/mol. The van der Waals surface area contributed by atoms with E-state index in [2.05, 4.69) is 10.3 Å². The van der Waals surface area contributed by atoms with Crippen molar-refractivity contribution in [3.8, 4) is 0 Å². The molecule has 0 unspecified atom stereocenters. The maximum atomic E-state index is 5.57. The van der Waals surface area contributed by atoms with E-state index in [9.17, 15) is 0 Å². The maximum Gasteiger partial charge on any atom is 0.128 e. The van der Waals surface area contributed by atoms with Gasteiger partial charge in [-0.15, -0.1) is 0 Å². The van der Waals surface area contributed by atoms with Gasteiger partial charge in [0.2, 0.25) is 0 Å². The molecule has 0 aromatic carbocycles. The van der Waals surface area contributed by atoms with Gasteiger partial charge in [0.15, 0.2) is 0 Å². The second-order valence-electron chi connectivity index (χ2n) is 3.89. The predicted molar refractivity (Wildman–Crippen MR) is 58.2 cm³/mol. The van der Waals surface area contributed by atoms with E-state index in [1.54, 1.807) is 13.2 Å². The van der Waals surface area contributed by atoms with Gasteiger partial charge in [0.25, 0.3) is 0 Å². The highest BCUT2D eigenvalue weighted by Gasteiger charge is 2.17. The van der Waals surface area contributed by atoms with Crippen molar-refractivity contribution in [1.82, 2.24) is 4.98 Å². The fourth-order valence-corrected chi connectivity index (χ4v) is 1.26. The van der Waals surface area contributed by atoms with E-state index >= 15 is 0 Å². The third-order valence-electron chi connectivity index (χ3n) is 1.74. The van der Waals surface area contributed by atoms with E-state index in [1.807, 2.05) is 26.0 Å². The summed E-state index contributed by atoms with van der Waals surface area (Å²) in [4.78, 5) is 4.15. The Bertz CT molecular complexity index is 299. The summed E-state index contributed by atoms with van der Waals surface area (Å²) in [6, 6.07) is 5.51. The van der Waals surface area contributed by atoms with Crippen LogP contribution in [-0.2, 0) is 4.74 Å². The van der Waals surface area contributed by atoms with Crippen LogP contribution in [0.25, 0.3) is 0 Å². The molecule has 14 heavy (non-hydrogen) atoms. The molecule has 1 aromatic heterocycles. The number of nitrogen functional groups attached to an aromatic ring is 1. The highest BCUT2D eigenvalue weighted by Crippen LogP contribution is 2.13. The standard InChI is InChI=1S/C10H17N3O/c1-10(2,7-14-3)13-9-6-4-5-8(11)12-9/h4-6H,7H2,1-3H3,(H3,11,12,13). The number of nitrogens with one attached hydrogen (secondary N) is 1. The molecule has 0 aliphatic heterocycles. The number of methoxy groups -OCH3 is 1. The number of nitrogens with zero attached hydrogens (tertiary/aromatic N) is 1. The molecule has 1 heterocycles. The molecule has 1 aromatic rings. The molecule has 0 aliphatic carbocycles. The zero-order valence-electron chi connectivity index (χ0n) is 8.87. The molecule has 0 fully saturated rings. The lowest BCUT2D eigenvalue weighted by atomic mass is 10.1. The number of hydrogen-bond acceptors (Lipinski definition) is 4. The molecular formula is C10H17N3O. The minimum atomic E-state index is -0.143. The van der Waals surface area contributed by atoms with Crippen LogP contribution in [0.2, 0.25) is 0 Å². The summed E-state index contributed by atoms with van der Waals surface area (Å²) in [5.41, 5.74) is 5.43. The molecule has 0 aliphatic rings. The Hall–Kier alpha value is -1.29. The maximum absolute atomic E-state index is 5.57. The van der Waals surface area contributed by atoms with Gasteiger partial charge in [0.05, 0.1) is 12.1 Å². The van der Waals surface area contributed by atoms with Gasteiger partial charge in [-0.1, -0.05) is 6.07 Å². The van der Waals surface area contributed by atoms with Crippen LogP contribution in [0, 0.1) is 0 Å². The van der Waals surface area contributed by atoms with Crippen molar-refractivity contribution in [2.75, 3.05) is 24.8 Å².